The molecule has 2 rings (SSSR count). The fourth-order valence-electron chi connectivity index (χ4n) is 2.75. The lowest BCUT2D eigenvalue weighted by molar-refractivity contribution is 0.402. The molecule has 0 bridgehead atoms. The van der Waals surface area contributed by atoms with Crippen molar-refractivity contribution in [2.75, 3.05) is 18.8 Å². The third kappa shape index (κ3) is 5.73. The second-order valence-corrected chi connectivity index (χ2v) is 7.64. The first-order valence-corrected chi connectivity index (χ1v) is 9.05. The van der Waals surface area contributed by atoms with Crippen LogP contribution in [0.3, 0.4) is 0 Å². The van der Waals surface area contributed by atoms with Gasteiger partial charge in [0.25, 0.3) is 0 Å². The fourth-order valence-corrected chi connectivity index (χ4v) is 4.44. The van der Waals surface area contributed by atoms with Crippen molar-refractivity contribution in [3.63, 3.8) is 0 Å². The molecule has 6 heteroatoms. The maximum atomic E-state index is 12.8. The molecule has 0 amide bonds. The number of benzene rings is 1. The first-order valence-electron chi connectivity index (χ1n) is 7.40. The van der Waals surface area contributed by atoms with Crippen molar-refractivity contribution in [1.82, 2.24) is 10.0 Å². The Hall–Kier alpha value is -0.980. The number of nitrogens with one attached hydrogen (secondary N) is 2. The summed E-state index contributed by atoms with van der Waals surface area (Å²) in [6, 6.07) is 5.96. The van der Waals surface area contributed by atoms with Crippen molar-refractivity contribution < 1.29 is 12.8 Å². The monoisotopic (exact) mass is 314 g/mol. The first kappa shape index (κ1) is 16.4. The SMILES string of the molecule is CC(Cc1ccc(F)cc1)NS(=O)(=O)CC1CCCNC1. The number of hydrogen-bond donors (Lipinski definition) is 2. The van der Waals surface area contributed by atoms with Gasteiger partial charge in [-0.15, -0.1) is 0 Å². The Morgan fingerprint density at radius 3 is 2.71 bits per heavy atom. The molecule has 1 aliphatic rings. The Labute approximate surface area is 126 Å². The molecule has 21 heavy (non-hydrogen) atoms. The van der Waals surface area contributed by atoms with Crippen LogP contribution in [0.4, 0.5) is 4.39 Å². The van der Waals surface area contributed by atoms with Gasteiger partial charge in [0.15, 0.2) is 0 Å². The van der Waals surface area contributed by atoms with E-state index in [0.29, 0.717) is 6.42 Å². The third-order valence-corrected chi connectivity index (χ3v) is 5.36. The average molecular weight is 314 g/mol. The van der Waals surface area contributed by atoms with E-state index < -0.39 is 10.0 Å². The average Bonchev–Trinajstić information content (AvgIpc) is 2.41. The molecule has 2 unspecified atom stereocenters. The minimum absolute atomic E-state index is 0.174. The summed E-state index contributed by atoms with van der Waals surface area (Å²) < 4.78 is 39.9. The van der Waals surface area contributed by atoms with Gasteiger partial charge in [-0.2, -0.15) is 0 Å². The van der Waals surface area contributed by atoms with Gasteiger partial charge in [-0.05, 0) is 62.9 Å². The largest absolute Gasteiger partial charge is 0.316 e. The van der Waals surface area contributed by atoms with Crippen molar-refractivity contribution in [3.8, 4) is 0 Å². The molecular formula is C15H23FN2O2S. The highest BCUT2D eigenvalue weighted by molar-refractivity contribution is 7.89. The van der Waals surface area contributed by atoms with E-state index in [1.807, 2.05) is 6.92 Å². The van der Waals surface area contributed by atoms with Gasteiger partial charge in [0.1, 0.15) is 5.82 Å². The lowest BCUT2D eigenvalue weighted by atomic mass is 10.0. The van der Waals surface area contributed by atoms with E-state index in [1.54, 1.807) is 12.1 Å². The fraction of sp³-hybridized carbons (Fsp3) is 0.600. The maximum Gasteiger partial charge on any atom is 0.212 e. The lowest BCUT2D eigenvalue weighted by Crippen LogP contribution is -2.41. The van der Waals surface area contributed by atoms with Gasteiger partial charge < -0.3 is 5.32 Å². The Kier molecular flexibility index (Phi) is 5.72. The Bertz CT molecular complexity index is 539. The molecule has 1 aromatic carbocycles. The van der Waals surface area contributed by atoms with Crippen molar-refractivity contribution in [3.05, 3.63) is 35.6 Å². The lowest BCUT2D eigenvalue weighted by Gasteiger charge is -2.23. The molecular weight excluding hydrogens is 291 g/mol. The molecule has 1 heterocycles. The molecule has 118 valence electrons. The zero-order valence-corrected chi connectivity index (χ0v) is 13.1. The predicted molar refractivity (Wildman–Crippen MR) is 82.1 cm³/mol. The van der Waals surface area contributed by atoms with Crippen LogP contribution in [0.5, 0.6) is 0 Å². The smallest absolute Gasteiger partial charge is 0.212 e. The van der Waals surface area contributed by atoms with E-state index in [0.717, 1.165) is 31.5 Å². The highest BCUT2D eigenvalue weighted by Crippen LogP contribution is 2.13. The second kappa shape index (κ2) is 7.33. The minimum Gasteiger partial charge on any atom is -0.316 e. The van der Waals surface area contributed by atoms with Gasteiger partial charge in [0.05, 0.1) is 5.75 Å². The van der Waals surface area contributed by atoms with E-state index in [4.69, 9.17) is 0 Å². The van der Waals surface area contributed by atoms with Crippen LogP contribution in [0, 0.1) is 11.7 Å². The maximum absolute atomic E-state index is 12.8. The van der Waals surface area contributed by atoms with Crippen LogP contribution in [0.2, 0.25) is 0 Å². The third-order valence-electron chi connectivity index (χ3n) is 3.69. The molecule has 0 spiro atoms. The van der Waals surface area contributed by atoms with Gasteiger partial charge in [-0.25, -0.2) is 17.5 Å². The van der Waals surface area contributed by atoms with Crippen molar-refractivity contribution >= 4 is 10.0 Å². The van der Waals surface area contributed by atoms with E-state index >= 15 is 0 Å². The molecule has 4 nitrogen and oxygen atoms in total. The van der Waals surface area contributed by atoms with Crippen LogP contribution in [0.15, 0.2) is 24.3 Å². The van der Waals surface area contributed by atoms with E-state index in [1.165, 1.54) is 12.1 Å². The summed E-state index contributed by atoms with van der Waals surface area (Å²) in [5.41, 5.74) is 0.922. The van der Waals surface area contributed by atoms with Gasteiger partial charge in [0.2, 0.25) is 10.0 Å². The highest BCUT2D eigenvalue weighted by atomic mass is 32.2. The molecule has 0 saturated carbocycles. The number of rotatable bonds is 6. The topological polar surface area (TPSA) is 58.2 Å². The van der Waals surface area contributed by atoms with Gasteiger partial charge in [-0.3, -0.25) is 0 Å². The predicted octanol–water partition coefficient (Wildman–Crippen LogP) is 1.68. The van der Waals surface area contributed by atoms with Crippen molar-refractivity contribution in [1.29, 1.82) is 0 Å². The Balaban J connectivity index is 1.85. The number of halogens is 1. The normalized spacial score (nSPS) is 21.1. The molecule has 1 fully saturated rings. The molecule has 0 aromatic heterocycles. The van der Waals surface area contributed by atoms with Crippen LogP contribution in [0.25, 0.3) is 0 Å². The summed E-state index contributed by atoms with van der Waals surface area (Å²) in [7, 11) is -3.27. The van der Waals surface area contributed by atoms with Crippen LogP contribution < -0.4 is 10.0 Å². The van der Waals surface area contributed by atoms with Crippen LogP contribution in [-0.2, 0) is 16.4 Å². The summed E-state index contributed by atoms with van der Waals surface area (Å²) in [4.78, 5) is 0. The van der Waals surface area contributed by atoms with Gasteiger partial charge >= 0.3 is 0 Å². The highest BCUT2D eigenvalue weighted by Gasteiger charge is 2.22. The molecule has 1 aromatic rings. The molecule has 1 saturated heterocycles. The summed E-state index contributed by atoms with van der Waals surface area (Å²) in [5.74, 6) is 0.0827. The van der Waals surface area contributed by atoms with Gasteiger partial charge in [-0.1, -0.05) is 12.1 Å². The zero-order valence-electron chi connectivity index (χ0n) is 12.3. The summed E-state index contributed by atoms with van der Waals surface area (Å²) in [6.45, 7) is 3.58. The molecule has 1 aliphatic heterocycles. The van der Waals surface area contributed by atoms with Crippen molar-refractivity contribution in [2.45, 2.75) is 32.2 Å². The number of hydrogen-bond acceptors (Lipinski definition) is 3. The number of piperidine rings is 1. The quantitative estimate of drug-likeness (QED) is 0.840. The minimum atomic E-state index is -3.27. The molecule has 2 N–H and O–H groups in total. The van der Waals surface area contributed by atoms with E-state index in [2.05, 4.69) is 10.0 Å². The van der Waals surface area contributed by atoms with Gasteiger partial charge in [0, 0.05) is 6.04 Å². The second-order valence-electron chi connectivity index (χ2n) is 5.84. The van der Waals surface area contributed by atoms with Crippen LogP contribution in [0.1, 0.15) is 25.3 Å². The summed E-state index contributed by atoms with van der Waals surface area (Å²) in [6.07, 6.45) is 2.55. The summed E-state index contributed by atoms with van der Waals surface area (Å²) >= 11 is 0. The summed E-state index contributed by atoms with van der Waals surface area (Å²) in [5, 5.41) is 3.23. The molecule has 2 atom stereocenters. The first-order chi connectivity index (χ1) is 9.94. The molecule has 0 radical (unpaired) electrons. The Morgan fingerprint density at radius 2 is 2.10 bits per heavy atom. The van der Waals surface area contributed by atoms with Crippen molar-refractivity contribution in [2.24, 2.45) is 5.92 Å². The van der Waals surface area contributed by atoms with Crippen LogP contribution >= 0.6 is 0 Å². The van der Waals surface area contributed by atoms with Crippen LogP contribution in [-0.4, -0.2) is 33.3 Å². The zero-order chi connectivity index (χ0) is 15.3. The molecule has 0 aliphatic carbocycles. The Morgan fingerprint density at radius 1 is 1.38 bits per heavy atom. The standard InChI is InChI=1S/C15H23FN2O2S/c1-12(9-13-4-6-15(16)7-5-13)18-21(19,20)11-14-3-2-8-17-10-14/h4-7,12,14,17-18H,2-3,8-11H2,1H3. The number of sulfonamides is 1. The van der Waals surface area contributed by atoms with E-state index in [-0.39, 0.29) is 23.5 Å². The van der Waals surface area contributed by atoms with E-state index in [9.17, 15) is 12.8 Å².